The number of nitrogens with zero attached hydrogens (tertiary/aromatic N) is 4. The van der Waals surface area contributed by atoms with Gasteiger partial charge in [-0.25, -0.2) is 4.98 Å². The van der Waals surface area contributed by atoms with E-state index >= 15 is 0 Å². The van der Waals surface area contributed by atoms with Crippen LogP contribution in [0, 0.1) is 22.7 Å². The zero-order valence-corrected chi connectivity index (χ0v) is 8.90. The second kappa shape index (κ2) is 5.52. The van der Waals surface area contributed by atoms with Crippen LogP contribution < -0.4 is 5.32 Å². The van der Waals surface area contributed by atoms with Crippen molar-refractivity contribution in [1.82, 2.24) is 14.9 Å². The number of hydrogen-bond donors (Lipinski definition) is 1. The Morgan fingerprint density at radius 2 is 2.31 bits per heavy atom. The minimum Gasteiger partial charge on any atom is -0.355 e. The van der Waals surface area contributed by atoms with Gasteiger partial charge >= 0.3 is 0 Å². The summed E-state index contributed by atoms with van der Waals surface area (Å²) in [6.07, 6.45) is 2.17. The van der Waals surface area contributed by atoms with Gasteiger partial charge in [0, 0.05) is 6.54 Å². The molecule has 16 heavy (non-hydrogen) atoms. The summed E-state index contributed by atoms with van der Waals surface area (Å²) in [5.74, 6) is -0.194. The summed E-state index contributed by atoms with van der Waals surface area (Å²) >= 11 is 0. The highest BCUT2D eigenvalue weighted by molar-refractivity contribution is 5.75. The number of nitrogens with one attached hydrogen (secondary N) is 1. The first-order valence-corrected chi connectivity index (χ1v) is 4.85. The van der Waals surface area contributed by atoms with Gasteiger partial charge in [-0.3, -0.25) is 4.79 Å². The van der Waals surface area contributed by atoms with E-state index < -0.39 is 0 Å². The highest BCUT2D eigenvalue weighted by atomic mass is 16.1. The molecule has 1 aromatic heterocycles. The number of nitriles is 2. The topological polar surface area (TPSA) is 94.5 Å². The van der Waals surface area contributed by atoms with Crippen molar-refractivity contribution in [2.24, 2.45) is 0 Å². The van der Waals surface area contributed by atoms with Gasteiger partial charge in [-0.2, -0.15) is 10.5 Å². The highest BCUT2D eigenvalue weighted by Crippen LogP contribution is 2.04. The Bertz CT molecular complexity index is 463. The molecule has 1 rings (SSSR count). The van der Waals surface area contributed by atoms with Crippen molar-refractivity contribution >= 4 is 5.91 Å². The lowest BCUT2D eigenvalue weighted by atomic mass is 10.3. The third-order valence-corrected chi connectivity index (χ3v) is 1.94. The van der Waals surface area contributed by atoms with Crippen LogP contribution in [-0.4, -0.2) is 22.0 Å². The van der Waals surface area contributed by atoms with Crippen LogP contribution >= 0.6 is 0 Å². The van der Waals surface area contributed by atoms with Crippen LogP contribution in [0.2, 0.25) is 0 Å². The molecule has 1 N–H and O–H groups in total. The largest absolute Gasteiger partial charge is 0.355 e. The van der Waals surface area contributed by atoms with Gasteiger partial charge in [-0.15, -0.1) is 0 Å². The first-order valence-electron chi connectivity index (χ1n) is 4.85. The van der Waals surface area contributed by atoms with E-state index in [-0.39, 0.29) is 23.8 Å². The minimum atomic E-state index is -0.194. The summed E-state index contributed by atoms with van der Waals surface area (Å²) in [6, 6.07) is 3.65. The van der Waals surface area contributed by atoms with E-state index in [4.69, 9.17) is 10.5 Å². The van der Waals surface area contributed by atoms with Gasteiger partial charge in [0.25, 0.3) is 0 Å². The lowest BCUT2D eigenvalue weighted by Gasteiger charge is -2.04. The second-order valence-corrected chi connectivity index (χ2v) is 3.14. The molecule has 1 heterocycles. The number of amides is 1. The molecule has 6 heteroatoms. The smallest absolute Gasteiger partial charge is 0.240 e. The van der Waals surface area contributed by atoms with Crippen LogP contribution in [-0.2, 0) is 11.3 Å². The van der Waals surface area contributed by atoms with Crippen LogP contribution in [0.3, 0.4) is 0 Å². The highest BCUT2D eigenvalue weighted by Gasteiger charge is 2.12. The number of carbonyl (C=O) groups is 1. The molecule has 0 fully saturated rings. The Kier molecular flexibility index (Phi) is 4.05. The summed E-state index contributed by atoms with van der Waals surface area (Å²) in [4.78, 5) is 15.1. The maximum Gasteiger partial charge on any atom is 0.240 e. The van der Waals surface area contributed by atoms with E-state index in [9.17, 15) is 4.79 Å². The van der Waals surface area contributed by atoms with E-state index in [1.54, 1.807) is 6.07 Å². The molecule has 1 amide bonds. The van der Waals surface area contributed by atoms with Crippen LogP contribution in [0.4, 0.5) is 0 Å². The van der Waals surface area contributed by atoms with Gasteiger partial charge in [0.05, 0.1) is 6.33 Å². The van der Waals surface area contributed by atoms with E-state index in [1.165, 1.54) is 10.9 Å². The Morgan fingerprint density at radius 3 is 2.88 bits per heavy atom. The SMILES string of the molecule is CCCNC(=O)Cn1cnc(C#N)c1C#N. The molecule has 0 atom stereocenters. The lowest BCUT2D eigenvalue weighted by Crippen LogP contribution is -2.28. The Morgan fingerprint density at radius 1 is 1.56 bits per heavy atom. The van der Waals surface area contributed by atoms with Crippen LogP contribution in [0.25, 0.3) is 0 Å². The van der Waals surface area contributed by atoms with Crippen molar-refractivity contribution in [3.05, 3.63) is 17.7 Å². The Hall–Kier alpha value is -2.34. The molecular weight excluding hydrogens is 206 g/mol. The predicted molar refractivity (Wildman–Crippen MR) is 55.0 cm³/mol. The molecule has 0 aromatic carbocycles. The van der Waals surface area contributed by atoms with Gasteiger partial charge in [0.15, 0.2) is 11.4 Å². The molecule has 0 aliphatic rings. The maximum atomic E-state index is 11.4. The van der Waals surface area contributed by atoms with Crippen molar-refractivity contribution in [2.75, 3.05) is 6.54 Å². The Balaban J connectivity index is 2.76. The van der Waals surface area contributed by atoms with Gasteiger partial charge < -0.3 is 9.88 Å². The minimum absolute atomic E-state index is 0.0115. The fourth-order valence-electron chi connectivity index (χ4n) is 1.18. The molecule has 82 valence electrons. The monoisotopic (exact) mass is 217 g/mol. The zero-order valence-electron chi connectivity index (χ0n) is 8.90. The van der Waals surface area contributed by atoms with Gasteiger partial charge in [0.2, 0.25) is 5.91 Å². The summed E-state index contributed by atoms with van der Waals surface area (Å²) in [5, 5.41) is 20.2. The third kappa shape index (κ3) is 2.58. The number of carbonyl (C=O) groups excluding carboxylic acids is 1. The molecule has 0 bridgehead atoms. The third-order valence-electron chi connectivity index (χ3n) is 1.94. The average Bonchev–Trinajstić information content (AvgIpc) is 2.68. The predicted octanol–water partition coefficient (Wildman–Crippen LogP) is 0.153. The summed E-state index contributed by atoms with van der Waals surface area (Å²) in [7, 11) is 0. The fraction of sp³-hybridized carbons (Fsp3) is 0.400. The molecule has 0 unspecified atom stereocenters. The molecule has 0 saturated carbocycles. The maximum absolute atomic E-state index is 11.4. The summed E-state index contributed by atoms with van der Waals surface area (Å²) in [5.41, 5.74) is 0.167. The fourth-order valence-corrected chi connectivity index (χ4v) is 1.18. The van der Waals surface area contributed by atoms with E-state index in [2.05, 4.69) is 10.3 Å². The molecule has 0 aliphatic carbocycles. The first kappa shape index (κ1) is 11.7. The van der Waals surface area contributed by atoms with E-state index in [0.717, 1.165) is 6.42 Å². The molecule has 6 nitrogen and oxygen atoms in total. The summed E-state index contributed by atoms with van der Waals surface area (Å²) < 4.78 is 1.36. The number of hydrogen-bond acceptors (Lipinski definition) is 4. The van der Waals surface area contributed by atoms with Gasteiger partial charge in [-0.1, -0.05) is 6.92 Å². The normalized spacial score (nSPS) is 9.19. The number of aromatic nitrogens is 2. The zero-order chi connectivity index (χ0) is 12.0. The molecule has 0 spiro atoms. The first-order chi connectivity index (χ1) is 7.72. The molecular formula is C10H11N5O. The van der Waals surface area contributed by atoms with Crippen molar-refractivity contribution < 1.29 is 4.79 Å². The van der Waals surface area contributed by atoms with Crippen LogP contribution in [0.5, 0.6) is 0 Å². The van der Waals surface area contributed by atoms with Crippen molar-refractivity contribution in [2.45, 2.75) is 19.9 Å². The van der Waals surface area contributed by atoms with Crippen molar-refractivity contribution in [1.29, 1.82) is 10.5 Å². The molecule has 0 radical (unpaired) electrons. The Labute approximate surface area is 93.1 Å². The molecule has 0 aliphatic heterocycles. The van der Waals surface area contributed by atoms with E-state index in [1.807, 2.05) is 13.0 Å². The second-order valence-electron chi connectivity index (χ2n) is 3.14. The van der Waals surface area contributed by atoms with Crippen LogP contribution in [0.15, 0.2) is 6.33 Å². The summed E-state index contributed by atoms with van der Waals surface area (Å²) in [6.45, 7) is 2.56. The van der Waals surface area contributed by atoms with Crippen molar-refractivity contribution in [3.8, 4) is 12.1 Å². The molecule has 1 aromatic rings. The standard InChI is InChI=1S/C10H11N5O/c1-2-3-13-10(16)6-15-7-14-8(4-11)9(15)5-12/h7H,2-3,6H2,1H3,(H,13,16). The quantitative estimate of drug-likeness (QED) is 0.776. The van der Waals surface area contributed by atoms with Gasteiger partial charge in [0.1, 0.15) is 18.7 Å². The van der Waals surface area contributed by atoms with Crippen LogP contribution in [0.1, 0.15) is 24.7 Å². The van der Waals surface area contributed by atoms with Crippen molar-refractivity contribution in [3.63, 3.8) is 0 Å². The number of imidazole rings is 1. The lowest BCUT2D eigenvalue weighted by molar-refractivity contribution is -0.121. The van der Waals surface area contributed by atoms with E-state index in [0.29, 0.717) is 6.54 Å². The molecule has 0 saturated heterocycles. The average molecular weight is 217 g/mol. The van der Waals surface area contributed by atoms with Gasteiger partial charge in [-0.05, 0) is 6.42 Å². The number of rotatable bonds is 4.